The molecule has 0 saturated carbocycles. The Morgan fingerprint density at radius 1 is 0.781 bits per heavy atom. The number of alkyl halides is 3. The Kier molecular flexibility index (Phi) is 5.00. The summed E-state index contributed by atoms with van der Waals surface area (Å²) in [7, 11) is 0. The normalized spacial score (nSPS) is 20.5. The fourth-order valence-electron chi connectivity index (χ4n) is 4.69. The van der Waals surface area contributed by atoms with Crippen LogP contribution in [0.15, 0.2) is 90.1 Å². The molecular weight excluding hydrogens is 413 g/mol. The maximum atomic E-state index is 13.9. The summed E-state index contributed by atoms with van der Waals surface area (Å²) in [6.07, 6.45) is -3.72. The van der Waals surface area contributed by atoms with Gasteiger partial charge in [-0.05, 0) is 41.7 Å². The van der Waals surface area contributed by atoms with E-state index in [0.29, 0.717) is 23.4 Å². The highest BCUT2D eigenvalue weighted by atomic mass is 19.4. The lowest BCUT2D eigenvalue weighted by Crippen LogP contribution is -2.28. The lowest BCUT2D eigenvalue weighted by Gasteiger charge is -2.31. The van der Waals surface area contributed by atoms with Crippen LogP contribution < -0.4 is 10.6 Å². The molecule has 162 valence electrons. The number of rotatable bonds is 2. The van der Waals surface area contributed by atoms with Crippen molar-refractivity contribution in [3.8, 4) is 0 Å². The summed E-state index contributed by atoms with van der Waals surface area (Å²) < 4.78 is 41.6. The molecule has 2 atom stereocenters. The maximum absolute atomic E-state index is 13.9. The van der Waals surface area contributed by atoms with Crippen LogP contribution >= 0.6 is 0 Å². The molecule has 0 aromatic heterocycles. The minimum atomic E-state index is -4.53. The van der Waals surface area contributed by atoms with Gasteiger partial charge in [-0.3, -0.25) is 4.79 Å². The predicted octanol–water partition coefficient (Wildman–Crippen LogP) is 6.68. The molecule has 0 radical (unpaired) electrons. The molecule has 0 bridgehead atoms. The van der Waals surface area contributed by atoms with E-state index < -0.39 is 17.8 Å². The van der Waals surface area contributed by atoms with Gasteiger partial charge in [-0.1, -0.05) is 60.7 Å². The average molecular weight is 434 g/mol. The first-order valence-electron chi connectivity index (χ1n) is 10.5. The van der Waals surface area contributed by atoms with Crippen LogP contribution in [0.3, 0.4) is 0 Å². The number of allylic oxidation sites excluding steroid dienone is 1. The summed E-state index contributed by atoms with van der Waals surface area (Å²) in [5.74, 6) is -0.173. The Hall–Kier alpha value is -3.54. The number of benzene rings is 3. The number of ketones is 1. The van der Waals surface area contributed by atoms with Crippen molar-refractivity contribution < 1.29 is 18.0 Å². The van der Waals surface area contributed by atoms with Crippen molar-refractivity contribution in [1.29, 1.82) is 0 Å². The van der Waals surface area contributed by atoms with Gasteiger partial charge in [0.15, 0.2) is 5.78 Å². The molecule has 1 aliphatic carbocycles. The van der Waals surface area contributed by atoms with Crippen LogP contribution in [0.4, 0.5) is 24.5 Å². The predicted molar refractivity (Wildman–Crippen MR) is 118 cm³/mol. The van der Waals surface area contributed by atoms with Crippen molar-refractivity contribution >= 4 is 17.2 Å². The zero-order valence-electron chi connectivity index (χ0n) is 17.1. The fraction of sp³-hybridized carbons (Fsp3) is 0.192. The van der Waals surface area contributed by atoms with Crippen molar-refractivity contribution in [3.05, 3.63) is 107 Å². The van der Waals surface area contributed by atoms with Crippen LogP contribution in [0.1, 0.15) is 41.5 Å². The standard InChI is InChI=1S/C26H21F3N2O/c27-26(28,29)19-11-5-4-10-18(19)25-24-22(30-20-12-6-7-13-21(20)31-25)14-17(15-23(24)32)16-8-2-1-3-9-16/h1-13,17,25,30-31H,14-15H2. The number of carbonyl (C=O) groups excluding carboxylic acids is 1. The fourth-order valence-corrected chi connectivity index (χ4v) is 4.69. The van der Waals surface area contributed by atoms with Gasteiger partial charge in [0.05, 0.1) is 23.0 Å². The summed E-state index contributed by atoms with van der Waals surface area (Å²) in [6.45, 7) is 0. The first kappa shape index (κ1) is 20.4. The van der Waals surface area contributed by atoms with Crippen molar-refractivity contribution in [2.45, 2.75) is 31.0 Å². The van der Waals surface area contributed by atoms with E-state index in [1.54, 1.807) is 6.07 Å². The first-order valence-corrected chi connectivity index (χ1v) is 10.5. The molecule has 3 aromatic rings. The van der Waals surface area contributed by atoms with Crippen molar-refractivity contribution in [1.82, 2.24) is 0 Å². The maximum Gasteiger partial charge on any atom is 0.416 e. The Balaban J connectivity index is 1.66. The van der Waals surface area contributed by atoms with Crippen LogP contribution in [-0.4, -0.2) is 5.78 Å². The van der Waals surface area contributed by atoms with E-state index in [9.17, 15) is 18.0 Å². The second-order valence-electron chi connectivity index (χ2n) is 8.16. The third kappa shape index (κ3) is 3.66. The molecule has 5 rings (SSSR count). The summed E-state index contributed by atoms with van der Waals surface area (Å²) in [5, 5.41) is 6.60. The van der Waals surface area contributed by atoms with Gasteiger partial charge >= 0.3 is 6.18 Å². The molecule has 0 amide bonds. The summed E-state index contributed by atoms with van der Waals surface area (Å²) in [6, 6.07) is 21.7. The second-order valence-corrected chi connectivity index (χ2v) is 8.16. The largest absolute Gasteiger partial charge is 0.416 e. The molecule has 2 unspecified atom stereocenters. The van der Waals surface area contributed by atoms with Crippen molar-refractivity contribution in [3.63, 3.8) is 0 Å². The van der Waals surface area contributed by atoms with Gasteiger partial charge in [0.25, 0.3) is 0 Å². The molecule has 2 aliphatic rings. The number of fused-ring (bicyclic) bond motifs is 1. The number of Topliss-reactive ketones (excluding diaryl/α,β-unsaturated/α-hetero) is 1. The highest BCUT2D eigenvalue weighted by Gasteiger charge is 2.40. The van der Waals surface area contributed by atoms with Gasteiger partial charge in [-0.2, -0.15) is 13.2 Å². The molecule has 0 saturated heterocycles. The third-order valence-corrected chi connectivity index (χ3v) is 6.16. The molecule has 1 heterocycles. The van der Waals surface area contributed by atoms with Crippen molar-refractivity contribution in [2.24, 2.45) is 0 Å². The number of para-hydroxylation sites is 2. The molecule has 0 spiro atoms. The van der Waals surface area contributed by atoms with E-state index in [-0.39, 0.29) is 23.7 Å². The highest BCUT2D eigenvalue weighted by molar-refractivity contribution is 6.01. The molecule has 3 nitrogen and oxygen atoms in total. The molecule has 0 fully saturated rings. The molecule has 2 N–H and O–H groups in total. The number of nitrogens with one attached hydrogen (secondary N) is 2. The van der Waals surface area contributed by atoms with E-state index in [1.165, 1.54) is 12.1 Å². The van der Waals surface area contributed by atoms with E-state index in [1.807, 2.05) is 54.6 Å². The SMILES string of the molecule is O=C1CC(c2ccccc2)CC2=C1C(c1ccccc1C(F)(F)F)Nc1ccccc1N2. The number of halogens is 3. The minimum absolute atomic E-state index is 0.0290. The molecule has 3 aromatic carbocycles. The van der Waals surface area contributed by atoms with Gasteiger partial charge in [-0.15, -0.1) is 0 Å². The summed E-state index contributed by atoms with van der Waals surface area (Å²) in [4.78, 5) is 13.4. The number of carbonyl (C=O) groups is 1. The number of hydrogen-bond donors (Lipinski definition) is 2. The molecule has 32 heavy (non-hydrogen) atoms. The quantitative estimate of drug-likeness (QED) is 0.472. The monoisotopic (exact) mass is 434 g/mol. The van der Waals surface area contributed by atoms with E-state index in [0.717, 1.165) is 17.3 Å². The summed E-state index contributed by atoms with van der Waals surface area (Å²) in [5.41, 5.74) is 2.83. The smallest absolute Gasteiger partial charge is 0.372 e. The lowest BCUT2D eigenvalue weighted by molar-refractivity contribution is -0.138. The van der Waals surface area contributed by atoms with Gasteiger partial charge in [0, 0.05) is 17.7 Å². The topological polar surface area (TPSA) is 41.1 Å². The first-order chi connectivity index (χ1) is 15.4. The minimum Gasteiger partial charge on any atom is -0.372 e. The Morgan fingerprint density at radius 2 is 1.44 bits per heavy atom. The van der Waals surface area contributed by atoms with E-state index in [4.69, 9.17) is 0 Å². The molecule has 1 aliphatic heterocycles. The Bertz CT molecular complexity index is 1200. The van der Waals surface area contributed by atoms with Crippen LogP contribution in [0.5, 0.6) is 0 Å². The van der Waals surface area contributed by atoms with Crippen LogP contribution in [0.25, 0.3) is 0 Å². The van der Waals surface area contributed by atoms with Gasteiger partial charge < -0.3 is 10.6 Å². The molecule has 6 heteroatoms. The van der Waals surface area contributed by atoms with E-state index >= 15 is 0 Å². The zero-order chi connectivity index (χ0) is 22.3. The second kappa shape index (κ2) is 7.86. The average Bonchev–Trinajstić information content (AvgIpc) is 2.96. The number of anilines is 2. The van der Waals surface area contributed by atoms with Crippen molar-refractivity contribution in [2.75, 3.05) is 10.6 Å². The van der Waals surface area contributed by atoms with Gasteiger partial charge in [0.1, 0.15) is 0 Å². The van der Waals surface area contributed by atoms with Crippen LogP contribution in [0.2, 0.25) is 0 Å². The van der Waals surface area contributed by atoms with Crippen LogP contribution in [0, 0.1) is 0 Å². The lowest BCUT2D eigenvalue weighted by atomic mass is 9.78. The highest BCUT2D eigenvalue weighted by Crippen LogP contribution is 2.46. The van der Waals surface area contributed by atoms with Crippen LogP contribution in [-0.2, 0) is 11.0 Å². The zero-order valence-corrected chi connectivity index (χ0v) is 17.1. The summed E-state index contributed by atoms with van der Waals surface area (Å²) >= 11 is 0. The van der Waals surface area contributed by atoms with Gasteiger partial charge in [-0.25, -0.2) is 0 Å². The van der Waals surface area contributed by atoms with E-state index in [2.05, 4.69) is 10.6 Å². The number of hydrogen-bond acceptors (Lipinski definition) is 3. The Labute approximate surface area is 184 Å². The Morgan fingerprint density at radius 3 is 2.19 bits per heavy atom. The van der Waals surface area contributed by atoms with Gasteiger partial charge in [0.2, 0.25) is 0 Å². The third-order valence-electron chi connectivity index (χ3n) is 6.16. The molecular formula is C26H21F3N2O.